The molecule has 0 radical (unpaired) electrons. The van der Waals surface area contributed by atoms with Crippen LogP contribution in [0.5, 0.6) is 0 Å². The molecule has 0 aliphatic rings. The summed E-state index contributed by atoms with van der Waals surface area (Å²) in [4.78, 5) is 30.3. The molecule has 8 heteroatoms. The molecule has 0 saturated carbocycles. The Morgan fingerprint density at radius 1 is 1.05 bits per heavy atom. The predicted octanol–water partition coefficient (Wildman–Crippen LogP) is 0.0992. The van der Waals surface area contributed by atoms with E-state index >= 15 is 0 Å². The van der Waals surface area contributed by atoms with Crippen molar-refractivity contribution in [3.8, 4) is 0 Å². The van der Waals surface area contributed by atoms with Gasteiger partial charge in [-0.05, 0) is 25.8 Å². The van der Waals surface area contributed by atoms with Crippen molar-refractivity contribution in [2.75, 3.05) is 6.54 Å². The summed E-state index contributed by atoms with van der Waals surface area (Å²) < 4.78 is 0. The molecule has 0 aliphatic carbocycles. The van der Waals surface area contributed by atoms with Crippen LogP contribution in [-0.4, -0.2) is 45.8 Å². The number of rotatable bonds is 9. The monoisotopic (exact) mass is 292 g/mol. The summed E-state index contributed by atoms with van der Waals surface area (Å²) in [5.41, 5.74) is 10.4. The van der Waals surface area contributed by atoms with Gasteiger partial charge in [0.25, 0.3) is 0 Å². The normalized spacial score (nSPS) is 12.8. The van der Waals surface area contributed by atoms with Gasteiger partial charge in [-0.25, -0.2) is 0 Å². The molecule has 118 valence electrons. The van der Waals surface area contributed by atoms with Gasteiger partial charge in [0, 0.05) is 0 Å². The smallest absolute Gasteiger partial charge is 0.320 e. The van der Waals surface area contributed by atoms with Crippen LogP contribution in [0.4, 0.5) is 0 Å². The molecule has 0 aromatic heterocycles. The lowest BCUT2D eigenvalue weighted by Gasteiger charge is -2.03. The van der Waals surface area contributed by atoms with E-state index in [1.165, 1.54) is 0 Å². The lowest BCUT2D eigenvalue weighted by molar-refractivity contribution is -0.148. The molecule has 0 heterocycles. The summed E-state index contributed by atoms with van der Waals surface area (Å²) >= 11 is 0. The van der Waals surface area contributed by atoms with Gasteiger partial charge in [0.2, 0.25) is 0 Å². The van der Waals surface area contributed by atoms with Crippen molar-refractivity contribution in [2.45, 2.75) is 45.1 Å². The molecule has 0 spiro atoms. The van der Waals surface area contributed by atoms with Crippen molar-refractivity contribution in [3.05, 3.63) is 0 Å². The third kappa shape index (κ3) is 12.8. The van der Waals surface area contributed by atoms with E-state index < -0.39 is 29.9 Å². The highest BCUT2D eigenvalue weighted by molar-refractivity contribution is 5.77. The molecule has 0 bridgehead atoms. The highest BCUT2D eigenvalue weighted by Gasteiger charge is 2.17. The molecule has 20 heavy (non-hydrogen) atoms. The molecule has 0 aromatic rings. The number of carboxylic acid groups (broad SMARTS) is 3. The maximum absolute atomic E-state index is 10.2. The highest BCUT2D eigenvalue weighted by atomic mass is 16.4. The van der Waals surface area contributed by atoms with Crippen molar-refractivity contribution in [1.82, 2.24) is 0 Å². The number of hydrogen-bond donors (Lipinski definition) is 5. The van der Waals surface area contributed by atoms with Gasteiger partial charge in [-0.15, -0.1) is 0 Å². The SMILES string of the molecule is CCC(CC(=O)O)C(=O)O.NCCCC[C@H](N)C(=O)O. The topological polar surface area (TPSA) is 164 Å². The predicted molar refractivity (Wildman–Crippen MR) is 72.2 cm³/mol. The third-order valence-electron chi connectivity index (χ3n) is 2.55. The first kappa shape index (κ1) is 20.6. The molecule has 7 N–H and O–H groups in total. The molecule has 0 saturated heterocycles. The van der Waals surface area contributed by atoms with E-state index in [9.17, 15) is 14.4 Å². The molecule has 0 aromatic carbocycles. The van der Waals surface area contributed by atoms with Crippen LogP contribution < -0.4 is 11.5 Å². The summed E-state index contributed by atoms with van der Waals surface area (Å²) in [6.07, 6.45) is 2.24. The lowest BCUT2D eigenvalue weighted by atomic mass is 10.0. The Labute approximate surface area is 117 Å². The third-order valence-corrected chi connectivity index (χ3v) is 2.55. The van der Waals surface area contributed by atoms with Gasteiger partial charge >= 0.3 is 17.9 Å². The van der Waals surface area contributed by atoms with Crippen LogP contribution in [0.15, 0.2) is 0 Å². The molecule has 1 unspecified atom stereocenters. The summed E-state index contributed by atoms with van der Waals surface area (Å²) in [5, 5.41) is 24.9. The van der Waals surface area contributed by atoms with E-state index in [4.69, 9.17) is 26.8 Å². The Bertz CT molecular complexity index is 308. The Morgan fingerprint density at radius 2 is 1.60 bits per heavy atom. The van der Waals surface area contributed by atoms with E-state index in [-0.39, 0.29) is 6.42 Å². The zero-order valence-corrected chi connectivity index (χ0v) is 11.6. The van der Waals surface area contributed by atoms with Gasteiger partial charge < -0.3 is 26.8 Å². The summed E-state index contributed by atoms with van der Waals surface area (Å²) in [6, 6.07) is -0.716. The van der Waals surface area contributed by atoms with Crippen LogP contribution in [-0.2, 0) is 14.4 Å². The van der Waals surface area contributed by atoms with Gasteiger partial charge in [0.1, 0.15) is 6.04 Å². The molecule has 0 fully saturated rings. The summed E-state index contributed by atoms with van der Waals surface area (Å²) in [6.45, 7) is 2.26. The van der Waals surface area contributed by atoms with Gasteiger partial charge in [0.05, 0.1) is 12.3 Å². The Hall–Kier alpha value is -1.67. The van der Waals surface area contributed by atoms with E-state index in [0.29, 0.717) is 19.4 Å². The molecule has 8 nitrogen and oxygen atoms in total. The van der Waals surface area contributed by atoms with Crippen LogP contribution in [0.3, 0.4) is 0 Å². The fraction of sp³-hybridized carbons (Fsp3) is 0.750. The molecule has 0 amide bonds. The maximum Gasteiger partial charge on any atom is 0.320 e. The standard InChI is InChI=1S/C6H14N2O2.C6H10O4/c7-4-2-1-3-5(8)6(9)10;1-2-4(6(9)10)3-5(7)8/h5H,1-4,7-8H2,(H,9,10);4H,2-3H2,1H3,(H,7,8)(H,9,10)/t5-;/m0./s1. The Kier molecular flexibility index (Phi) is 12.8. The van der Waals surface area contributed by atoms with Crippen molar-refractivity contribution < 1.29 is 29.7 Å². The fourth-order valence-corrected chi connectivity index (χ4v) is 1.25. The first-order chi connectivity index (χ1) is 9.26. The van der Waals surface area contributed by atoms with Gasteiger partial charge in [0.15, 0.2) is 0 Å². The van der Waals surface area contributed by atoms with Gasteiger partial charge in [-0.1, -0.05) is 13.3 Å². The van der Waals surface area contributed by atoms with E-state index in [1.54, 1.807) is 6.92 Å². The minimum absolute atomic E-state index is 0.286. The summed E-state index contributed by atoms with van der Waals surface area (Å²) in [5.74, 6) is -3.77. The quantitative estimate of drug-likeness (QED) is 0.373. The molecule has 2 atom stereocenters. The molecule has 0 aliphatic heterocycles. The van der Waals surface area contributed by atoms with E-state index in [2.05, 4.69) is 0 Å². The average molecular weight is 292 g/mol. The number of aliphatic carboxylic acids is 3. The molecular formula is C12H24N2O6. The van der Waals surface area contributed by atoms with Crippen LogP contribution >= 0.6 is 0 Å². The Balaban J connectivity index is 0. The fourth-order valence-electron chi connectivity index (χ4n) is 1.25. The maximum atomic E-state index is 10.2. The van der Waals surface area contributed by atoms with Crippen molar-refractivity contribution in [3.63, 3.8) is 0 Å². The minimum Gasteiger partial charge on any atom is -0.481 e. The van der Waals surface area contributed by atoms with Crippen molar-refractivity contribution >= 4 is 17.9 Å². The first-order valence-electron chi connectivity index (χ1n) is 6.39. The van der Waals surface area contributed by atoms with Crippen LogP contribution in [0, 0.1) is 5.92 Å². The highest BCUT2D eigenvalue weighted by Crippen LogP contribution is 2.07. The second kappa shape index (κ2) is 12.4. The van der Waals surface area contributed by atoms with E-state index in [1.807, 2.05) is 0 Å². The molecular weight excluding hydrogens is 268 g/mol. The largest absolute Gasteiger partial charge is 0.481 e. The van der Waals surface area contributed by atoms with Crippen LogP contribution in [0.2, 0.25) is 0 Å². The van der Waals surface area contributed by atoms with E-state index in [0.717, 1.165) is 12.8 Å². The number of nitrogens with two attached hydrogens (primary N) is 2. The second-order valence-electron chi connectivity index (χ2n) is 4.27. The van der Waals surface area contributed by atoms with Crippen LogP contribution in [0.1, 0.15) is 39.0 Å². The molecule has 0 rings (SSSR count). The van der Waals surface area contributed by atoms with Crippen molar-refractivity contribution in [2.24, 2.45) is 17.4 Å². The zero-order chi connectivity index (χ0) is 16.1. The number of unbranched alkanes of at least 4 members (excludes halogenated alkanes) is 1. The second-order valence-corrected chi connectivity index (χ2v) is 4.27. The zero-order valence-electron chi connectivity index (χ0n) is 11.6. The lowest BCUT2D eigenvalue weighted by Crippen LogP contribution is -2.29. The van der Waals surface area contributed by atoms with Crippen LogP contribution in [0.25, 0.3) is 0 Å². The average Bonchev–Trinajstić information content (AvgIpc) is 2.36. The minimum atomic E-state index is -1.06. The van der Waals surface area contributed by atoms with Gasteiger partial charge in [-0.2, -0.15) is 0 Å². The number of hydrogen-bond acceptors (Lipinski definition) is 5. The van der Waals surface area contributed by atoms with Gasteiger partial charge in [-0.3, -0.25) is 14.4 Å². The summed E-state index contributed by atoms with van der Waals surface area (Å²) in [7, 11) is 0. The number of carboxylic acids is 3. The number of carbonyl (C=O) groups is 3. The first-order valence-corrected chi connectivity index (χ1v) is 6.39. The van der Waals surface area contributed by atoms with Crippen molar-refractivity contribution in [1.29, 1.82) is 0 Å². The Morgan fingerprint density at radius 3 is 1.85 bits per heavy atom.